The largest absolute Gasteiger partial charge is 0.490 e. The van der Waals surface area contributed by atoms with Crippen LogP contribution in [0.1, 0.15) is 44.1 Å². The van der Waals surface area contributed by atoms with Crippen LogP contribution in [-0.4, -0.2) is 36.0 Å². The normalized spacial score (nSPS) is 24.5. The van der Waals surface area contributed by atoms with Gasteiger partial charge in [-0.05, 0) is 37.0 Å². The number of guanidine groups is 1. The molecule has 1 aliphatic carbocycles. The van der Waals surface area contributed by atoms with Crippen LogP contribution in [0.25, 0.3) is 0 Å². The van der Waals surface area contributed by atoms with Crippen molar-refractivity contribution in [3.05, 3.63) is 28.8 Å². The van der Waals surface area contributed by atoms with Gasteiger partial charge >= 0.3 is 0 Å². The SMILES string of the molecule is Cc1ccc(Cl)cc1OCC1(CC2CCCCC2)NC(=N)N(C)C1=O. The van der Waals surface area contributed by atoms with Crippen molar-refractivity contribution in [2.75, 3.05) is 13.7 Å². The van der Waals surface area contributed by atoms with E-state index in [4.69, 9.17) is 21.7 Å². The topological polar surface area (TPSA) is 65.4 Å². The highest BCUT2D eigenvalue weighted by atomic mass is 35.5. The standard InChI is InChI=1S/C19H26ClN3O2/c1-13-8-9-15(20)10-16(13)25-12-19(11-14-6-4-3-5-7-14)17(24)23(2)18(21)22-19/h8-10,14H,3-7,11-12H2,1-2H3,(H2,21,22). The van der Waals surface area contributed by atoms with Crippen LogP contribution in [0.3, 0.4) is 0 Å². The molecule has 2 N–H and O–H groups in total. The van der Waals surface area contributed by atoms with Gasteiger partial charge in [-0.3, -0.25) is 15.1 Å². The monoisotopic (exact) mass is 363 g/mol. The number of rotatable bonds is 5. The minimum Gasteiger partial charge on any atom is -0.490 e. The Bertz CT molecular complexity index is 673. The third-order valence-corrected chi connectivity index (χ3v) is 5.63. The number of nitrogens with zero attached hydrogens (tertiary/aromatic N) is 1. The van der Waals surface area contributed by atoms with Gasteiger partial charge < -0.3 is 10.1 Å². The van der Waals surface area contributed by atoms with Gasteiger partial charge in [0.25, 0.3) is 5.91 Å². The maximum absolute atomic E-state index is 12.9. The summed E-state index contributed by atoms with van der Waals surface area (Å²) < 4.78 is 6.02. The van der Waals surface area contributed by atoms with Crippen molar-refractivity contribution in [3.63, 3.8) is 0 Å². The van der Waals surface area contributed by atoms with Gasteiger partial charge in [0.05, 0.1) is 0 Å². The second-order valence-electron chi connectivity index (χ2n) is 7.33. The average molecular weight is 364 g/mol. The Hall–Kier alpha value is -1.75. The Balaban J connectivity index is 1.80. The van der Waals surface area contributed by atoms with Crippen LogP contribution in [0.15, 0.2) is 18.2 Å². The predicted octanol–water partition coefficient (Wildman–Crippen LogP) is 3.73. The summed E-state index contributed by atoms with van der Waals surface area (Å²) in [6.45, 7) is 2.16. The van der Waals surface area contributed by atoms with Crippen LogP contribution in [-0.2, 0) is 4.79 Å². The molecule has 0 radical (unpaired) electrons. The molecule has 1 aromatic rings. The summed E-state index contributed by atoms with van der Waals surface area (Å²) in [7, 11) is 1.64. The number of amides is 1. The van der Waals surface area contributed by atoms with E-state index < -0.39 is 5.54 Å². The number of ether oxygens (including phenoxy) is 1. The van der Waals surface area contributed by atoms with E-state index >= 15 is 0 Å². The van der Waals surface area contributed by atoms with E-state index in [-0.39, 0.29) is 18.5 Å². The molecule has 0 spiro atoms. The summed E-state index contributed by atoms with van der Waals surface area (Å²) >= 11 is 6.07. The quantitative estimate of drug-likeness (QED) is 0.837. The maximum atomic E-state index is 12.9. The first-order valence-corrected chi connectivity index (χ1v) is 9.33. The smallest absolute Gasteiger partial charge is 0.258 e. The van der Waals surface area contributed by atoms with Gasteiger partial charge in [-0.2, -0.15) is 0 Å². The van der Waals surface area contributed by atoms with Gasteiger partial charge in [0.15, 0.2) is 11.5 Å². The van der Waals surface area contributed by atoms with E-state index in [1.807, 2.05) is 19.1 Å². The summed E-state index contributed by atoms with van der Waals surface area (Å²) in [5, 5.41) is 11.8. The van der Waals surface area contributed by atoms with Crippen molar-refractivity contribution >= 4 is 23.5 Å². The molecule has 2 aliphatic rings. The van der Waals surface area contributed by atoms with Crippen LogP contribution >= 0.6 is 11.6 Å². The Morgan fingerprint density at radius 3 is 2.72 bits per heavy atom. The molecule has 3 rings (SSSR count). The molecule has 25 heavy (non-hydrogen) atoms. The van der Waals surface area contributed by atoms with Gasteiger partial charge in [0, 0.05) is 12.1 Å². The van der Waals surface area contributed by atoms with Crippen LogP contribution in [0.5, 0.6) is 5.75 Å². The highest BCUT2D eigenvalue weighted by Gasteiger charge is 2.50. The lowest BCUT2D eigenvalue weighted by atomic mass is 9.79. The van der Waals surface area contributed by atoms with Gasteiger partial charge in [0.2, 0.25) is 0 Å². The number of likely N-dealkylation sites (N-methyl/N-ethyl adjacent to an activating group) is 1. The Labute approximate surface area is 154 Å². The van der Waals surface area contributed by atoms with Crippen molar-refractivity contribution in [3.8, 4) is 5.75 Å². The summed E-state index contributed by atoms with van der Waals surface area (Å²) in [5.74, 6) is 1.25. The van der Waals surface area contributed by atoms with Crippen LogP contribution in [0.2, 0.25) is 5.02 Å². The van der Waals surface area contributed by atoms with Crippen LogP contribution in [0, 0.1) is 18.3 Å². The number of benzene rings is 1. The fourth-order valence-electron chi connectivity index (χ4n) is 3.90. The van der Waals surface area contributed by atoms with E-state index in [2.05, 4.69) is 5.32 Å². The molecule has 1 atom stereocenters. The first-order chi connectivity index (χ1) is 11.9. The van der Waals surface area contributed by atoms with Crippen molar-refractivity contribution in [2.24, 2.45) is 5.92 Å². The summed E-state index contributed by atoms with van der Waals surface area (Å²) in [6, 6.07) is 5.51. The maximum Gasteiger partial charge on any atom is 0.258 e. The number of hydrogen-bond donors (Lipinski definition) is 2. The number of hydrogen-bond acceptors (Lipinski definition) is 3. The average Bonchev–Trinajstić information content (AvgIpc) is 2.81. The molecule has 1 aliphatic heterocycles. The molecule has 1 unspecified atom stereocenters. The molecular weight excluding hydrogens is 338 g/mol. The Kier molecular flexibility index (Phi) is 5.23. The van der Waals surface area contributed by atoms with E-state index in [1.54, 1.807) is 13.1 Å². The van der Waals surface area contributed by atoms with Gasteiger partial charge in [0.1, 0.15) is 12.4 Å². The summed E-state index contributed by atoms with van der Waals surface area (Å²) in [5.41, 5.74) is 0.119. The Morgan fingerprint density at radius 1 is 1.36 bits per heavy atom. The zero-order valence-corrected chi connectivity index (χ0v) is 15.7. The molecular formula is C19H26ClN3O2. The first kappa shape index (κ1) is 18.1. The molecule has 1 amide bonds. The third kappa shape index (κ3) is 3.76. The fraction of sp³-hybridized carbons (Fsp3) is 0.579. The van der Waals surface area contributed by atoms with Crippen LogP contribution < -0.4 is 10.1 Å². The summed E-state index contributed by atoms with van der Waals surface area (Å²) in [4.78, 5) is 14.3. The molecule has 136 valence electrons. The molecule has 2 fully saturated rings. The molecule has 6 heteroatoms. The van der Waals surface area contributed by atoms with Crippen molar-refractivity contribution in [2.45, 2.75) is 51.0 Å². The molecule has 1 aromatic carbocycles. The van der Waals surface area contributed by atoms with Gasteiger partial charge in [-0.1, -0.05) is 49.8 Å². The van der Waals surface area contributed by atoms with E-state index in [9.17, 15) is 4.79 Å². The molecule has 5 nitrogen and oxygen atoms in total. The highest BCUT2D eigenvalue weighted by Crippen LogP contribution is 2.34. The zero-order valence-electron chi connectivity index (χ0n) is 14.9. The minimum atomic E-state index is -0.859. The summed E-state index contributed by atoms with van der Waals surface area (Å²) in [6.07, 6.45) is 6.71. The second-order valence-corrected chi connectivity index (χ2v) is 7.76. The molecule has 1 saturated carbocycles. The van der Waals surface area contributed by atoms with Crippen molar-refractivity contribution in [1.82, 2.24) is 10.2 Å². The van der Waals surface area contributed by atoms with Crippen LogP contribution in [0.4, 0.5) is 0 Å². The van der Waals surface area contributed by atoms with Crippen molar-refractivity contribution in [1.29, 1.82) is 5.41 Å². The molecule has 1 heterocycles. The van der Waals surface area contributed by atoms with E-state index in [1.165, 1.54) is 24.2 Å². The number of halogens is 1. The Morgan fingerprint density at radius 2 is 2.08 bits per heavy atom. The molecule has 1 saturated heterocycles. The lowest BCUT2D eigenvalue weighted by Gasteiger charge is -2.32. The predicted molar refractivity (Wildman–Crippen MR) is 99.2 cm³/mol. The second kappa shape index (κ2) is 7.24. The van der Waals surface area contributed by atoms with E-state index in [0.29, 0.717) is 23.1 Å². The lowest BCUT2D eigenvalue weighted by Crippen LogP contribution is -2.53. The van der Waals surface area contributed by atoms with Crippen molar-refractivity contribution < 1.29 is 9.53 Å². The lowest BCUT2D eigenvalue weighted by molar-refractivity contribution is -0.132. The van der Waals surface area contributed by atoms with Gasteiger partial charge in [-0.15, -0.1) is 0 Å². The molecule has 0 bridgehead atoms. The number of carbonyl (C=O) groups excluding carboxylic acids is 1. The van der Waals surface area contributed by atoms with E-state index in [0.717, 1.165) is 18.4 Å². The number of nitrogens with one attached hydrogen (secondary N) is 2. The minimum absolute atomic E-state index is 0.0808. The number of carbonyl (C=O) groups is 1. The highest BCUT2D eigenvalue weighted by molar-refractivity contribution is 6.30. The number of aryl methyl sites for hydroxylation is 1. The molecule has 0 aromatic heterocycles. The third-order valence-electron chi connectivity index (χ3n) is 5.39. The first-order valence-electron chi connectivity index (χ1n) is 8.95. The van der Waals surface area contributed by atoms with Gasteiger partial charge in [-0.25, -0.2) is 0 Å². The fourth-order valence-corrected chi connectivity index (χ4v) is 4.06. The zero-order chi connectivity index (χ0) is 18.0.